The number of piperidine rings is 1. The zero-order chi connectivity index (χ0) is 24.4. The average Bonchev–Trinajstić information content (AvgIpc) is 2.75. The van der Waals surface area contributed by atoms with Gasteiger partial charge >= 0.3 is 5.97 Å². The van der Waals surface area contributed by atoms with Gasteiger partial charge in [-0.05, 0) is 43.8 Å². The summed E-state index contributed by atoms with van der Waals surface area (Å²) in [7, 11) is 0. The molecule has 3 amide bonds. The molecule has 1 saturated carbocycles. The monoisotopic (exact) mass is 483 g/mol. The van der Waals surface area contributed by atoms with Crippen LogP contribution in [0.5, 0.6) is 0 Å². The van der Waals surface area contributed by atoms with Crippen LogP contribution in [0.3, 0.4) is 0 Å². The second kappa shape index (κ2) is 13.8. The van der Waals surface area contributed by atoms with Gasteiger partial charge in [0.05, 0.1) is 6.04 Å². The molecule has 0 radical (unpaired) electrons. The van der Waals surface area contributed by atoms with Crippen molar-refractivity contribution in [1.82, 2.24) is 16.0 Å². The van der Waals surface area contributed by atoms with Crippen molar-refractivity contribution in [2.45, 2.75) is 95.4 Å². The fourth-order valence-corrected chi connectivity index (χ4v) is 5.67. The van der Waals surface area contributed by atoms with E-state index in [0.717, 1.165) is 43.9 Å². The SMILES string of the molecule is CSC(C(=O)O)[C@H](C[C@@H]1CCCNC1=O)NC(=O)[C@H](CC1CCCCC1)NC(=O)CC(C)C. The molecule has 1 aliphatic heterocycles. The molecule has 33 heavy (non-hydrogen) atoms. The van der Waals surface area contributed by atoms with E-state index in [9.17, 15) is 24.3 Å². The smallest absolute Gasteiger partial charge is 0.318 e. The minimum Gasteiger partial charge on any atom is -0.480 e. The van der Waals surface area contributed by atoms with Gasteiger partial charge in [0.1, 0.15) is 11.3 Å². The maximum atomic E-state index is 13.4. The van der Waals surface area contributed by atoms with Gasteiger partial charge in [-0.3, -0.25) is 19.2 Å². The molecule has 4 N–H and O–H groups in total. The Morgan fingerprint density at radius 1 is 1.06 bits per heavy atom. The summed E-state index contributed by atoms with van der Waals surface area (Å²) in [6, 6.07) is -1.40. The van der Waals surface area contributed by atoms with Crippen molar-refractivity contribution in [2.75, 3.05) is 12.8 Å². The van der Waals surface area contributed by atoms with Gasteiger partial charge in [-0.25, -0.2) is 0 Å². The molecule has 0 aromatic rings. The highest BCUT2D eigenvalue weighted by Gasteiger charge is 2.36. The number of carboxylic acids is 1. The lowest BCUT2D eigenvalue weighted by Crippen LogP contribution is -2.55. The average molecular weight is 484 g/mol. The number of hydrogen-bond acceptors (Lipinski definition) is 5. The zero-order valence-corrected chi connectivity index (χ0v) is 21.0. The number of aliphatic carboxylic acids is 1. The first-order valence-corrected chi connectivity index (χ1v) is 13.6. The van der Waals surface area contributed by atoms with E-state index in [1.54, 1.807) is 6.26 Å². The van der Waals surface area contributed by atoms with E-state index in [1.165, 1.54) is 6.42 Å². The number of nitrogens with one attached hydrogen (secondary N) is 3. The molecule has 0 bridgehead atoms. The van der Waals surface area contributed by atoms with Crippen LogP contribution in [0.4, 0.5) is 0 Å². The molecule has 0 aromatic carbocycles. The van der Waals surface area contributed by atoms with E-state index < -0.39 is 23.3 Å². The topological polar surface area (TPSA) is 125 Å². The molecule has 2 fully saturated rings. The summed E-state index contributed by atoms with van der Waals surface area (Å²) >= 11 is 1.15. The second-order valence-electron chi connectivity index (χ2n) is 9.93. The first kappa shape index (κ1) is 27.5. The summed E-state index contributed by atoms with van der Waals surface area (Å²) in [5.41, 5.74) is 0. The molecule has 1 unspecified atom stereocenters. The highest BCUT2D eigenvalue weighted by molar-refractivity contribution is 8.00. The number of rotatable bonds is 12. The summed E-state index contributed by atoms with van der Waals surface area (Å²) in [6.07, 6.45) is 9.92. The third-order valence-corrected chi connectivity index (χ3v) is 7.71. The fraction of sp³-hybridized carbons (Fsp3) is 0.833. The quantitative estimate of drug-likeness (QED) is 0.338. The Labute approximate surface area is 201 Å². The molecule has 1 aliphatic carbocycles. The Morgan fingerprint density at radius 3 is 2.33 bits per heavy atom. The van der Waals surface area contributed by atoms with E-state index in [2.05, 4.69) is 16.0 Å². The van der Waals surface area contributed by atoms with Crippen molar-refractivity contribution in [3.05, 3.63) is 0 Å². The molecular weight excluding hydrogens is 442 g/mol. The zero-order valence-electron chi connectivity index (χ0n) is 20.2. The van der Waals surface area contributed by atoms with Crippen molar-refractivity contribution < 1.29 is 24.3 Å². The molecule has 1 heterocycles. The Balaban J connectivity index is 2.16. The number of carbonyl (C=O) groups excluding carboxylic acids is 3. The van der Waals surface area contributed by atoms with Crippen LogP contribution in [0.15, 0.2) is 0 Å². The molecule has 8 nitrogen and oxygen atoms in total. The van der Waals surface area contributed by atoms with Crippen LogP contribution in [0.25, 0.3) is 0 Å². The van der Waals surface area contributed by atoms with Crippen LogP contribution in [-0.2, 0) is 19.2 Å². The third kappa shape index (κ3) is 9.18. The van der Waals surface area contributed by atoms with E-state index >= 15 is 0 Å². The molecule has 9 heteroatoms. The van der Waals surface area contributed by atoms with Gasteiger partial charge in [-0.15, -0.1) is 11.8 Å². The highest BCUT2D eigenvalue weighted by Crippen LogP contribution is 2.28. The summed E-state index contributed by atoms with van der Waals surface area (Å²) in [5.74, 6) is -1.40. The van der Waals surface area contributed by atoms with Gasteiger partial charge < -0.3 is 21.1 Å². The van der Waals surface area contributed by atoms with Crippen LogP contribution >= 0.6 is 11.8 Å². The van der Waals surface area contributed by atoms with Gasteiger partial charge in [0, 0.05) is 18.9 Å². The van der Waals surface area contributed by atoms with Gasteiger partial charge in [0.15, 0.2) is 0 Å². The summed E-state index contributed by atoms with van der Waals surface area (Å²) in [4.78, 5) is 50.1. The Bertz CT molecular complexity index is 681. The minimum atomic E-state index is -1.02. The lowest BCUT2D eigenvalue weighted by atomic mass is 9.84. The molecule has 0 spiro atoms. The molecular formula is C24H41N3O5S. The second-order valence-corrected chi connectivity index (χ2v) is 10.9. The maximum Gasteiger partial charge on any atom is 0.318 e. The van der Waals surface area contributed by atoms with E-state index in [1.807, 2.05) is 13.8 Å². The Kier molecular flexibility index (Phi) is 11.5. The lowest BCUT2D eigenvalue weighted by Gasteiger charge is -2.32. The molecule has 4 atom stereocenters. The fourth-order valence-electron chi connectivity index (χ4n) is 4.96. The number of carbonyl (C=O) groups is 4. The minimum absolute atomic E-state index is 0.0882. The molecule has 0 aromatic heterocycles. The molecule has 188 valence electrons. The maximum absolute atomic E-state index is 13.4. The number of carboxylic acid groups (broad SMARTS) is 1. The molecule has 2 rings (SSSR count). The molecule has 2 aliphatic rings. The normalized spacial score (nSPS) is 22.2. The highest BCUT2D eigenvalue weighted by atomic mass is 32.2. The van der Waals surface area contributed by atoms with Gasteiger partial charge in [0.2, 0.25) is 17.7 Å². The van der Waals surface area contributed by atoms with Crippen molar-refractivity contribution in [3.8, 4) is 0 Å². The van der Waals surface area contributed by atoms with E-state index in [-0.39, 0.29) is 36.0 Å². The largest absolute Gasteiger partial charge is 0.480 e. The van der Waals surface area contributed by atoms with E-state index in [0.29, 0.717) is 31.7 Å². The van der Waals surface area contributed by atoms with Gasteiger partial charge in [-0.1, -0.05) is 46.0 Å². The number of amides is 3. The lowest BCUT2D eigenvalue weighted by molar-refractivity contribution is -0.138. The van der Waals surface area contributed by atoms with Crippen LogP contribution in [0.2, 0.25) is 0 Å². The van der Waals surface area contributed by atoms with Crippen LogP contribution in [-0.4, -0.2) is 58.9 Å². The van der Waals surface area contributed by atoms with Crippen LogP contribution < -0.4 is 16.0 Å². The van der Waals surface area contributed by atoms with Gasteiger partial charge in [0.25, 0.3) is 0 Å². The number of thioether (sulfide) groups is 1. The summed E-state index contributed by atoms with van der Waals surface area (Å²) in [6.45, 7) is 4.54. The van der Waals surface area contributed by atoms with E-state index in [4.69, 9.17) is 0 Å². The predicted octanol–water partition coefficient (Wildman–Crippen LogP) is 2.71. The predicted molar refractivity (Wildman–Crippen MR) is 130 cm³/mol. The van der Waals surface area contributed by atoms with Crippen molar-refractivity contribution in [1.29, 1.82) is 0 Å². The first-order valence-electron chi connectivity index (χ1n) is 12.3. The van der Waals surface area contributed by atoms with Crippen molar-refractivity contribution in [3.63, 3.8) is 0 Å². The number of hydrogen-bond donors (Lipinski definition) is 4. The third-order valence-electron chi connectivity index (χ3n) is 6.67. The first-order chi connectivity index (χ1) is 15.7. The molecule has 1 saturated heterocycles. The van der Waals surface area contributed by atoms with Gasteiger partial charge in [-0.2, -0.15) is 0 Å². The van der Waals surface area contributed by atoms with Crippen LogP contribution in [0.1, 0.15) is 78.1 Å². The Hall–Kier alpha value is -1.77. The standard InChI is InChI=1S/C24H41N3O5S/c1-15(2)12-20(28)26-19(13-16-8-5-4-6-9-16)23(30)27-18(21(33-3)24(31)32)14-17-10-7-11-25-22(17)29/h15-19,21H,4-14H2,1-3H3,(H,25,29)(H,26,28)(H,27,30)(H,31,32)/t17-,18-,19-,21?/m0/s1. The summed E-state index contributed by atoms with van der Waals surface area (Å²) < 4.78 is 0. The summed E-state index contributed by atoms with van der Waals surface area (Å²) in [5, 5.41) is 17.6. The Morgan fingerprint density at radius 2 is 1.76 bits per heavy atom. The van der Waals surface area contributed by atoms with Crippen molar-refractivity contribution >= 4 is 35.5 Å². The van der Waals surface area contributed by atoms with Crippen LogP contribution in [0, 0.1) is 17.8 Å². The van der Waals surface area contributed by atoms with Crippen molar-refractivity contribution in [2.24, 2.45) is 17.8 Å².